The molecule has 0 saturated carbocycles. The second-order valence-electron chi connectivity index (χ2n) is 4.63. The average molecular weight is 217 g/mol. The Bertz CT molecular complexity index is 323. The number of likely N-dealkylation sites (tertiary alicyclic amines) is 1. The number of aldehydes is 1. The van der Waals surface area contributed by atoms with Gasteiger partial charge in [-0.2, -0.15) is 0 Å². The topological polar surface area (TPSA) is 20.3 Å². The molecule has 0 aromatic heterocycles. The highest BCUT2D eigenvalue weighted by Gasteiger charge is 2.19. The van der Waals surface area contributed by atoms with Crippen LogP contribution < -0.4 is 0 Å². The zero-order chi connectivity index (χ0) is 11.2. The molecule has 1 heterocycles. The standard InChI is InChI=1S/C14H19NO/c16-10-8-14-7-4-9-15(12-14)11-13-5-2-1-3-6-13/h1-3,5-6,10,14H,4,7-9,11-12H2. The molecule has 1 aromatic rings. The van der Waals surface area contributed by atoms with Crippen molar-refractivity contribution in [2.24, 2.45) is 5.92 Å². The summed E-state index contributed by atoms with van der Waals surface area (Å²) in [6.45, 7) is 3.27. The van der Waals surface area contributed by atoms with Gasteiger partial charge < -0.3 is 4.79 Å². The van der Waals surface area contributed by atoms with Gasteiger partial charge in [0.1, 0.15) is 6.29 Å². The fourth-order valence-electron chi connectivity index (χ4n) is 2.46. The Hall–Kier alpha value is -1.15. The molecule has 1 atom stereocenters. The Labute approximate surface area is 97.3 Å². The van der Waals surface area contributed by atoms with Crippen LogP contribution in [0, 0.1) is 5.92 Å². The Kier molecular flexibility index (Phi) is 4.11. The highest BCUT2D eigenvalue weighted by molar-refractivity contribution is 5.49. The number of nitrogens with zero attached hydrogens (tertiary/aromatic N) is 1. The highest BCUT2D eigenvalue weighted by Crippen LogP contribution is 2.20. The molecule has 1 unspecified atom stereocenters. The molecule has 2 nitrogen and oxygen atoms in total. The second kappa shape index (κ2) is 5.80. The molecule has 1 aromatic carbocycles. The van der Waals surface area contributed by atoms with E-state index < -0.39 is 0 Å². The smallest absolute Gasteiger partial charge is 0.120 e. The molecule has 1 fully saturated rings. The molecule has 2 heteroatoms. The minimum absolute atomic E-state index is 0.579. The SMILES string of the molecule is O=CCC1CCCN(Cc2ccccc2)C1. The van der Waals surface area contributed by atoms with Crippen molar-refractivity contribution in [1.82, 2.24) is 4.90 Å². The van der Waals surface area contributed by atoms with Gasteiger partial charge in [0.05, 0.1) is 0 Å². The Balaban J connectivity index is 1.88. The summed E-state index contributed by atoms with van der Waals surface area (Å²) in [5.41, 5.74) is 1.37. The summed E-state index contributed by atoms with van der Waals surface area (Å²) in [6, 6.07) is 10.6. The molecular formula is C14H19NO. The lowest BCUT2D eigenvalue weighted by Gasteiger charge is -2.31. The molecule has 0 aliphatic carbocycles. The third-order valence-electron chi connectivity index (χ3n) is 3.28. The number of hydrogen-bond donors (Lipinski definition) is 0. The summed E-state index contributed by atoms with van der Waals surface area (Å²) in [5.74, 6) is 0.579. The number of carbonyl (C=O) groups is 1. The van der Waals surface area contributed by atoms with Gasteiger partial charge in [-0.05, 0) is 30.9 Å². The molecule has 0 N–H and O–H groups in total. The molecule has 0 radical (unpaired) electrons. The van der Waals surface area contributed by atoms with Crippen LogP contribution in [0.3, 0.4) is 0 Å². The van der Waals surface area contributed by atoms with E-state index in [1.165, 1.54) is 24.9 Å². The number of carbonyl (C=O) groups excluding carboxylic acids is 1. The summed E-state index contributed by atoms with van der Waals surface area (Å²) in [7, 11) is 0. The Morgan fingerprint density at radius 2 is 2.12 bits per heavy atom. The quantitative estimate of drug-likeness (QED) is 0.722. The first kappa shape index (κ1) is 11.3. The van der Waals surface area contributed by atoms with Gasteiger partial charge in [0.2, 0.25) is 0 Å². The van der Waals surface area contributed by atoms with Crippen LogP contribution in [-0.4, -0.2) is 24.3 Å². The van der Waals surface area contributed by atoms with Gasteiger partial charge in [-0.3, -0.25) is 4.90 Å². The molecule has 1 aliphatic heterocycles. The summed E-state index contributed by atoms with van der Waals surface area (Å²) < 4.78 is 0. The largest absolute Gasteiger partial charge is 0.303 e. The van der Waals surface area contributed by atoms with Gasteiger partial charge in [0, 0.05) is 19.5 Å². The second-order valence-corrected chi connectivity index (χ2v) is 4.63. The van der Waals surface area contributed by atoms with Gasteiger partial charge in [-0.25, -0.2) is 0 Å². The monoisotopic (exact) mass is 217 g/mol. The first-order valence-electron chi connectivity index (χ1n) is 6.08. The van der Waals surface area contributed by atoms with Gasteiger partial charge >= 0.3 is 0 Å². The van der Waals surface area contributed by atoms with Gasteiger partial charge in [0.15, 0.2) is 0 Å². The van der Waals surface area contributed by atoms with Crippen molar-refractivity contribution in [2.45, 2.75) is 25.8 Å². The summed E-state index contributed by atoms with van der Waals surface area (Å²) in [5, 5.41) is 0. The van der Waals surface area contributed by atoms with E-state index in [2.05, 4.69) is 35.2 Å². The number of hydrogen-bond acceptors (Lipinski definition) is 2. The fraction of sp³-hybridized carbons (Fsp3) is 0.500. The first-order chi connectivity index (χ1) is 7.88. The van der Waals surface area contributed by atoms with E-state index in [9.17, 15) is 4.79 Å². The molecule has 1 aliphatic rings. The van der Waals surface area contributed by atoms with Crippen LogP contribution in [0.2, 0.25) is 0 Å². The predicted octanol–water partition coefficient (Wildman–Crippen LogP) is 2.49. The van der Waals surface area contributed by atoms with Crippen molar-refractivity contribution in [2.75, 3.05) is 13.1 Å². The van der Waals surface area contributed by atoms with Crippen molar-refractivity contribution in [3.05, 3.63) is 35.9 Å². The third-order valence-corrected chi connectivity index (χ3v) is 3.28. The number of rotatable bonds is 4. The molecule has 86 valence electrons. The molecular weight excluding hydrogens is 198 g/mol. The molecule has 0 bridgehead atoms. The van der Waals surface area contributed by atoms with Crippen LogP contribution in [0.15, 0.2) is 30.3 Å². The Morgan fingerprint density at radius 1 is 1.31 bits per heavy atom. The molecule has 0 amide bonds. The van der Waals surface area contributed by atoms with Crippen molar-refractivity contribution < 1.29 is 4.79 Å². The van der Waals surface area contributed by atoms with E-state index in [1.807, 2.05) is 0 Å². The van der Waals surface area contributed by atoms with E-state index in [1.54, 1.807) is 0 Å². The normalized spacial score (nSPS) is 21.9. The number of piperidine rings is 1. The zero-order valence-corrected chi connectivity index (χ0v) is 9.64. The van der Waals surface area contributed by atoms with E-state index in [-0.39, 0.29) is 0 Å². The van der Waals surface area contributed by atoms with E-state index in [0.29, 0.717) is 5.92 Å². The van der Waals surface area contributed by atoms with Crippen molar-refractivity contribution >= 4 is 6.29 Å². The predicted molar refractivity (Wildman–Crippen MR) is 65.1 cm³/mol. The maximum atomic E-state index is 10.5. The van der Waals surface area contributed by atoms with Gasteiger partial charge in [-0.1, -0.05) is 30.3 Å². The molecule has 2 rings (SSSR count). The maximum Gasteiger partial charge on any atom is 0.120 e. The lowest BCUT2D eigenvalue weighted by molar-refractivity contribution is -0.109. The van der Waals surface area contributed by atoms with Crippen molar-refractivity contribution in [3.8, 4) is 0 Å². The van der Waals surface area contributed by atoms with E-state index in [0.717, 1.165) is 25.8 Å². The van der Waals surface area contributed by atoms with Crippen LogP contribution in [0.1, 0.15) is 24.8 Å². The Morgan fingerprint density at radius 3 is 2.88 bits per heavy atom. The van der Waals surface area contributed by atoms with Crippen molar-refractivity contribution in [1.29, 1.82) is 0 Å². The zero-order valence-electron chi connectivity index (χ0n) is 9.64. The minimum Gasteiger partial charge on any atom is -0.303 e. The van der Waals surface area contributed by atoms with Crippen LogP contribution in [0.4, 0.5) is 0 Å². The molecule has 1 saturated heterocycles. The lowest BCUT2D eigenvalue weighted by Crippen LogP contribution is -2.35. The van der Waals surface area contributed by atoms with Crippen LogP contribution in [0.5, 0.6) is 0 Å². The van der Waals surface area contributed by atoms with Crippen molar-refractivity contribution in [3.63, 3.8) is 0 Å². The maximum absolute atomic E-state index is 10.5. The van der Waals surface area contributed by atoms with Crippen LogP contribution in [0.25, 0.3) is 0 Å². The minimum atomic E-state index is 0.579. The van der Waals surface area contributed by atoms with Gasteiger partial charge in [-0.15, -0.1) is 0 Å². The van der Waals surface area contributed by atoms with E-state index in [4.69, 9.17) is 0 Å². The first-order valence-corrected chi connectivity index (χ1v) is 6.08. The van der Waals surface area contributed by atoms with E-state index >= 15 is 0 Å². The summed E-state index contributed by atoms with van der Waals surface area (Å²) in [6.07, 6.45) is 4.23. The van der Waals surface area contributed by atoms with Crippen LogP contribution >= 0.6 is 0 Å². The molecule has 16 heavy (non-hydrogen) atoms. The fourth-order valence-corrected chi connectivity index (χ4v) is 2.46. The average Bonchev–Trinajstić information content (AvgIpc) is 2.31. The highest BCUT2D eigenvalue weighted by atomic mass is 16.1. The number of benzene rings is 1. The summed E-state index contributed by atoms with van der Waals surface area (Å²) >= 11 is 0. The van der Waals surface area contributed by atoms with Crippen LogP contribution in [-0.2, 0) is 11.3 Å². The van der Waals surface area contributed by atoms with Gasteiger partial charge in [0.25, 0.3) is 0 Å². The third kappa shape index (κ3) is 3.17. The summed E-state index contributed by atoms with van der Waals surface area (Å²) in [4.78, 5) is 13.0. The molecule has 0 spiro atoms. The lowest BCUT2D eigenvalue weighted by atomic mass is 9.95.